The van der Waals surface area contributed by atoms with Crippen LogP contribution in [0.2, 0.25) is 0 Å². The van der Waals surface area contributed by atoms with Crippen molar-refractivity contribution < 1.29 is 0 Å². The monoisotopic (exact) mass is 314 g/mol. The van der Waals surface area contributed by atoms with Crippen LogP contribution >= 0.6 is 23.9 Å². The van der Waals surface area contributed by atoms with Crippen LogP contribution < -0.4 is 0 Å². The maximum absolute atomic E-state index is 3.67. The average Bonchev–Trinajstić information content (AvgIpc) is 2.12. The van der Waals surface area contributed by atoms with E-state index in [1.54, 1.807) is 0 Å². The topological polar surface area (TPSA) is 0 Å². The van der Waals surface area contributed by atoms with Gasteiger partial charge in [0.15, 0.2) is 0 Å². The normalized spacial score (nSPS) is 13.2. The Hall–Kier alpha value is 0.130. The predicted octanol–water partition coefficient (Wildman–Crippen LogP) is 6.03. The van der Waals surface area contributed by atoms with E-state index < -0.39 is 0 Å². The predicted molar refractivity (Wildman–Crippen MR) is 84.3 cm³/mol. The molecular formula is C15H24BrP. The molecule has 0 unspecified atom stereocenters. The fourth-order valence-corrected chi connectivity index (χ4v) is 6.50. The van der Waals surface area contributed by atoms with Crippen LogP contribution in [0.5, 0.6) is 0 Å². The molecule has 0 aliphatic carbocycles. The summed E-state index contributed by atoms with van der Waals surface area (Å²) in [5.41, 5.74) is 1.45. The molecule has 0 radical (unpaired) electrons. The van der Waals surface area contributed by atoms with Gasteiger partial charge in [-0.2, -0.15) is 0 Å². The first-order valence-electron chi connectivity index (χ1n) is 6.13. The minimum Gasteiger partial charge on any atom is -0.0911 e. The largest absolute Gasteiger partial charge is 0.0911 e. The van der Waals surface area contributed by atoms with Crippen molar-refractivity contribution in [1.82, 2.24) is 0 Å². The zero-order valence-corrected chi connectivity index (χ0v) is 14.3. The fraction of sp³-hybridized carbons (Fsp3) is 0.600. The van der Waals surface area contributed by atoms with Crippen LogP contribution in [0.15, 0.2) is 28.7 Å². The lowest BCUT2D eigenvalue weighted by molar-refractivity contribution is 0.702. The van der Waals surface area contributed by atoms with E-state index in [1.165, 1.54) is 16.2 Å². The third-order valence-corrected chi connectivity index (χ3v) is 7.58. The second kappa shape index (κ2) is 5.41. The lowest BCUT2D eigenvalue weighted by atomic mass is 10.2. The Morgan fingerprint density at radius 2 is 1.41 bits per heavy atom. The summed E-state index contributed by atoms with van der Waals surface area (Å²) in [6.07, 6.45) is 1.20. The quantitative estimate of drug-likeness (QED) is 0.585. The Morgan fingerprint density at radius 3 is 1.82 bits per heavy atom. The number of hydrogen-bond acceptors (Lipinski definition) is 0. The van der Waals surface area contributed by atoms with Crippen molar-refractivity contribution >= 4 is 23.9 Å². The number of rotatable bonds is 2. The highest BCUT2D eigenvalue weighted by molar-refractivity contribution is 9.10. The second-order valence-corrected chi connectivity index (χ2v) is 11.2. The van der Waals surface area contributed by atoms with Gasteiger partial charge in [-0.25, -0.2) is 0 Å². The molecule has 0 spiro atoms. The average molecular weight is 315 g/mol. The lowest BCUT2D eigenvalue weighted by Crippen LogP contribution is -2.25. The van der Waals surface area contributed by atoms with Crippen molar-refractivity contribution in [3.05, 3.63) is 34.3 Å². The van der Waals surface area contributed by atoms with E-state index in [0.29, 0.717) is 10.3 Å². The lowest BCUT2D eigenvalue weighted by Gasteiger charge is -2.42. The highest BCUT2D eigenvalue weighted by atomic mass is 79.9. The number of halogens is 1. The van der Waals surface area contributed by atoms with Crippen LogP contribution in [-0.2, 0) is 6.16 Å². The van der Waals surface area contributed by atoms with Crippen LogP contribution in [0.4, 0.5) is 0 Å². The molecule has 0 saturated carbocycles. The Kier molecular flexibility index (Phi) is 4.83. The van der Waals surface area contributed by atoms with Crippen molar-refractivity contribution in [1.29, 1.82) is 0 Å². The molecule has 0 fully saturated rings. The fourth-order valence-electron chi connectivity index (χ4n) is 2.28. The maximum Gasteiger partial charge on any atom is 0.0210 e. The summed E-state index contributed by atoms with van der Waals surface area (Å²) in [6.45, 7) is 14.3. The Labute approximate surface area is 116 Å². The van der Waals surface area contributed by atoms with E-state index in [1.807, 2.05) is 0 Å². The molecule has 1 aromatic carbocycles. The summed E-state index contributed by atoms with van der Waals surface area (Å²) >= 11 is 3.67. The molecule has 0 N–H and O–H groups in total. The van der Waals surface area contributed by atoms with Gasteiger partial charge < -0.3 is 0 Å². The molecule has 0 aliphatic rings. The van der Waals surface area contributed by atoms with Crippen molar-refractivity contribution in [3.8, 4) is 0 Å². The van der Waals surface area contributed by atoms with Crippen molar-refractivity contribution in [3.63, 3.8) is 0 Å². The molecule has 0 bridgehead atoms. The van der Waals surface area contributed by atoms with Crippen LogP contribution in [0.1, 0.15) is 47.1 Å². The summed E-state index contributed by atoms with van der Waals surface area (Å²) in [7, 11) is -0.0652. The van der Waals surface area contributed by atoms with Crippen molar-refractivity contribution in [2.45, 2.75) is 58.0 Å². The van der Waals surface area contributed by atoms with Crippen LogP contribution in [0, 0.1) is 0 Å². The maximum atomic E-state index is 3.67. The minimum absolute atomic E-state index is 0.0652. The molecule has 96 valence electrons. The zero-order valence-electron chi connectivity index (χ0n) is 11.8. The van der Waals surface area contributed by atoms with E-state index >= 15 is 0 Å². The SMILES string of the molecule is CC(C)(C)P(Cc1ccccc1Br)C(C)(C)C. The molecule has 17 heavy (non-hydrogen) atoms. The Balaban J connectivity index is 3.00. The van der Waals surface area contributed by atoms with Gasteiger partial charge in [-0.05, 0) is 28.1 Å². The summed E-state index contributed by atoms with van der Waals surface area (Å²) in [5, 5.41) is 0.783. The number of hydrogen-bond donors (Lipinski definition) is 0. The van der Waals surface area contributed by atoms with Gasteiger partial charge in [0.05, 0.1) is 0 Å². The first-order valence-corrected chi connectivity index (χ1v) is 8.45. The highest BCUT2D eigenvalue weighted by Gasteiger charge is 2.34. The Morgan fingerprint density at radius 1 is 0.941 bits per heavy atom. The molecule has 0 aromatic heterocycles. The molecule has 0 heterocycles. The first kappa shape index (κ1) is 15.2. The summed E-state index contributed by atoms with van der Waals surface area (Å²) in [4.78, 5) is 0. The molecule has 0 nitrogen and oxygen atoms in total. The molecule has 1 rings (SSSR count). The third kappa shape index (κ3) is 4.38. The van der Waals surface area contributed by atoms with Crippen LogP contribution in [0.25, 0.3) is 0 Å². The summed E-state index contributed by atoms with van der Waals surface area (Å²) in [5.74, 6) is 0. The van der Waals surface area contributed by atoms with Gasteiger partial charge in [-0.1, -0.05) is 83.6 Å². The standard InChI is InChI=1S/C15H24BrP/c1-14(2,3)17(15(4,5)6)11-12-9-7-8-10-13(12)16/h7-10H,11H2,1-6H3. The minimum atomic E-state index is -0.0652. The number of benzene rings is 1. The molecule has 0 atom stereocenters. The van der Waals surface area contributed by atoms with Crippen LogP contribution in [0.3, 0.4) is 0 Å². The molecule has 0 amide bonds. The molecular weight excluding hydrogens is 291 g/mol. The van der Waals surface area contributed by atoms with Gasteiger partial charge >= 0.3 is 0 Å². The summed E-state index contributed by atoms with van der Waals surface area (Å²) < 4.78 is 1.25. The molecule has 0 aliphatic heterocycles. The van der Waals surface area contributed by atoms with Crippen LogP contribution in [-0.4, -0.2) is 10.3 Å². The third-order valence-electron chi connectivity index (χ3n) is 2.91. The van der Waals surface area contributed by atoms with Gasteiger partial charge in [-0.15, -0.1) is 0 Å². The van der Waals surface area contributed by atoms with E-state index in [4.69, 9.17) is 0 Å². The van der Waals surface area contributed by atoms with Gasteiger partial charge in [0.1, 0.15) is 0 Å². The molecule has 2 heteroatoms. The van der Waals surface area contributed by atoms with Crippen molar-refractivity contribution in [2.24, 2.45) is 0 Å². The van der Waals surface area contributed by atoms with Gasteiger partial charge in [0, 0.05) is 4.47 Å². The van der Waals surface area contributed by atoms with Crippen molar-refractivity contribution in [2.75, 3.05) is 0 Å². The first-order chi connectivity index (χ1) is 7.62. The Bertz CT molecular complexity index is 357. The highest BCUT2D eigenvalue weighted by Crippen LogP contribution is 2.61. The van der Waals surface area contributed by atoms with Gasteiger partial charge in [0.2, 0.25) is 0 Å². The zero-order chi connectivity index (χ0) is 13.3. The van der Waals surface area contributed by atoms with E-state index in [0.717, 1.165) is 0 Å². The van der Waals surface area contributed by atoms with E-state index in [2.05, 4.69) is 81.7 Å². The smallest absolute Gasteiger partial charge is 0.0210 e. The van der Waals surface area contributed by atoms with Gasteiger partial charge in [0.25, 0.3) is 0 Å². The second-order valence-electron chi connectivity index (χ2n) is 6.52. The van der Waals surface area contributed by atoms with E-state index in [-0.39, 0.29) is 7.92 Å². The molecule has 1 aromatic rings. The van der Waals surface area contributed by atoms with E-state index in [9.17, 15) is 0 Å². The summed E-state index contributed by atoms with van der Waals surface area (Å²) in [6, 6.07) is 8.62. The van der Waals surface area contributed by atoms with Gasteiger partial charge in [-0.3, -0.25) is 0 Å². The molecule has 0 saturated heterocycles.